The smallest absolute Gasteiger partial charge is 0.258 e. The third-order valence-corrected chi connectivity index (χ3v) is 18.0. The van der Waals surface area contributed by atoms with E-state index < -0.39 is 0 Å². The lowest BCUT2D eigenvalue weighted by Gasteiger charge is -2.34. The molecule has 0 saturated carbocycles. The van der Waals surface area contributed by atoms with Gasteiger partial charge < -0.3 is 48.4 Å². The number of carbonyl (C=O) groups excluding carboxylic acids is 3. The minimum absolute atomic E-state index is 0.00635. The first-order chi connectivity index (χ1) is 36.4. The first kappa shape index (κ1) is 54.1. The van der Waals surface area contributed by atoms with Crippen LogP contribution in [0, 0.1) is 6.92 Å². The van der Waals surface area contributed by atoms with Crippen LogP contribution < -0.4 is 34.2 Å². The maximum atomic E-state index is 14.3. The summed E-state index contributed by atoms with van der Waals surface area (Å²) >= 11 is 0. The van der Waals surface area contributed by atoms with Crippen molar-refractivity contribution in [2.75, 3.05) is 87.8 Å². The Hall–Kier alpha value is -5.71. The number of para-hydroxylation sites is 2. The maximum absolute atomic E-state index is 14.3. The first-order valence-corrected chi connectivity index (χ1v) is 28.7. The molecule has 0 saturated heterocycles. The van der Waals surface area contributed by atoms with Gasteiger partial charge in [0.25, 0.3) is 11.8 Å². The molecular formula is C60H72N4O9S2. The van der Waals surface area contributed by atoms with Gasteiger partial charge in [-0.3, -0.25) is 14.4 Å². The predicted molar refractivity (Wildman–Crippen MR) is 301 cm³/mol. The zero-order chi connectivity index (χ0) is 52.5. The third kappa shape index (κ3) is 12.9. The van der Waals surface area contributed by atoms with E-state index in [1.807, 2.05) is 70.0 Å². The average Bonchev–Trinajstić information content (AvgIpc) is 3.92. The number of fused-ring (bicyclic) bond motifs is 8. The number of nitrogens with zero attached hydrogens (tertiary/aromatic N) is 3. The van der Waals surface area contributed by atoms with E-state index in [1.54, 1.807) is 32.1 Å². The monoisotopic (exact) mass is 1060 g/mol. The van der Waals surface area contributed by atoms with E-state index in [2.05, 4.69) is 72.6 Å². The summed E-state index contributed by atoms with van der Waals surface area (Å²) in [5.74, 6) is 2.80. The molecule has 5 aromatic carbocycles. The highest BCUT2D eigenvalue weighted by Gasteiger charge is 2.39. The molecule has 3 amide bonds. The summed E-state index contributed by atoms with van der Waals surface area (Å²) in [6, 6.07) is 31.2. The summed E-state index contributed by atoms with van der Waals surface area (Å²) in [7, 11) is 8.58. The highest BCUT2D eigenvalue weighted by molar-refractivity contribution is 8.77. The third-order valence-electron chi connectivity index (χ3n) is 14.6. The number of methoxy groups -OCH3 is 2. The maximum Gasteiger partial charge on any atom is 0.258 e. The van der Waals surface area contributed by atoms with E-state index in [9.17, 15) is 14.4 Å². The molecule has 2 atom stereocenters. The topological polar surface area (TPSA) is 128 Å². The van der Waals surface area contributed by atoms with Gasteiger partial charge >= 0.3 is 0 Å². The van der Waals surface area contributed by atoms with Crippen LogP contribution in [-0.2, 0) is 57.9 Å². The van der Waals surface area contributed by atoms with Crippen LogP contribution in [0.3, 0.4) is 0 Å². The molecule has 4 aliphatic rings. The minimum atomic E-state index is -0.193. The number of ether oxygens (including phenoxy) is 6. The van der Waals surface area contributed by atoms with Gasteiger partial charge in [-0.15, -0.1) is 0 Å². The first-order valence-electron chi connectivity index (χ1n) is 26.4. The summed E-state index contributed by atoms with van der Waals surface area (Å²) < 4.78 is 36.3. The van der Waals surface area contributed by atoms with Crippen molar-refractivity contribution in [2.24, 2.45) is 0 Å². The summed E-state index contributed by atoms with van der Waals surface area (Å²) in [6.45, 7) is 10.8. The number of aryl methyl sites for hydroxylation is 3. The van der Waals surface area contributed by atoms with Crippen molar-refractivity contribution in [3.05, 3.63) is 141 Å². The molecule has 0 radical (unpaired) electrons. The fourth-order valence-electron chi connectivity index (χ4n) is 10.9. The van der Waals surface area contributed by atoms with Gasteiger partial charge in [0.15, 0.2) is 11.5 Å². The molecule has 398 valence electrons. The largest absolute Gasteiger partial charge is 0.493 e. The second-order valence-corrected chi connectivity index (χ2v) is 23.6. The summed E-state index contributed by atoms with van der Waals surface area (Å²) in [6.07, 6.45) is 6.28. The molecule has 5 aromatic rings. The van der Waals surface area contributed by atoms with Crippen molar-refractivity contribution in [3.8, 4) is 17.2 Å². The molecule has 0 fully saturated rings. The Balaban J connectivity index is 0.986. The molecule has 9 rings (SSSR count). The number of carbonyl (C=O) groups is 3. The van der Waals surface area contributed by atoms with E-state index in [1.165, 1.54) is 11.1 Å². The van der Waals surface area contributed by atoms with Crippen molar-refractivity contribution < 1.29 is 42.8 Å². The standard InChI is InChI=1S/C60H72N4O9S2/c1-40-28-50-43(17-19-47-32-45-12-7-9-14-52(45)63(47)58(50)66)34-54(40)72-37-41-29-42(38-73-56-35-44-18-20-48-33-46-13-8-10-15-53(46)64(48)59(67)51(44)36-55(56)69-6)31-49(30-41)62(21-22-70-25-26-71-24-23-68-5)39-60(2,3)75-74-27-11-16-57(65)61-4/h7-10,12-15,28-31,34-36,47-48H,11,16-27,32-33,37-39H2,1-6H3,(H,61,65)/t47-,48-/m1/s1. The Morgan fingerprint density at radius 3 is 1.89 bits per heavy atom. The molecule has 15 heteroatoms. The van der Waals surface area contributed by atoms with E-state index >= 15 is 0 Å². The zero-order valence-corrected chi connectivity index (χ0v) is 46.0. The van der Waals surface area contributed by atoms with Gasteiger partial charge in [-0.1, -0.05) is 58.0 Å². The van der Waals surface area contributed by atoms with Crippen molar-refractivity contribution in [1.29, 1.82) is 0 Å². The molecule has 4 aliphatic heterocycles. The lowest BCUT2D eigenvalue weighted by molar-refractivity contribution is -0.120. The van der Waals surface area contributed by atoms with Crippen molar-refractivity contribution >= 4 is 56.4 Å². The van der Waals surface area contributed by atoms with Crippen LogP contribution in [0.5, 0.6) is 17.2 Å². The normalized spacial score (nSPS) is 16.5. The van der Waals surface area contributed by atoms with Gasteiger partial charge in [-0.25, -0.2) is 0 Å². The van der Waals surface area contributed by atoms with Gasteiger partial charge in [-0.05, 0) is 159 Å². The van der Waals surface area contributed by atoms with Gasteiger partial charge in [0.1, 0.15) is 19.0 Å². The lowest BCUT2D eigenvalue weighted by Crippen LogP contribution is -2.38. The van der Waals surface area contributed by atoms with Gasteiger partial charge in [-0.2, -0.15) is 0 Å². The highest BCUT2D eigenvalue weighted by Crippen LogP contribution is 2.43. The van der Waals surface area contributed by atoms with Gasteiger partial charge in [0, 0.05) is 84.4 Å². The molecule has 75 heavy (non-hydrogen) atoms. The Morgan fingerprint density at radius 1 is 0.707 bits per heavy atom. The Morgan fingerprint density at radius 2 is 1.28 bits per heavy atom. The number of anilines is 3. The molecular weight excluding hydrogens is 985 g/mol. The highest BCUT2D eigenvalue weighted by atomic mass is 33.1. The van der Waals surface area contributed by atoms with Gasteiger partial charge in [0.05, 0.1) is 40.1 Å². The SMILES string of the molecule is CNC(=O)CCCSSC(C)(C)CN(CCOCCOCCOC)c1cc(COc2cc3c(cc2C)C(=O)N2c4ccccc4C[C@H]2CC3)cc(COc2cc3c(cc2OC)C(=O)N2c4ccccc4C[C@H]2CC3)c1. The Bertz CT molecular complexity index is 2840. The fourth-order valence-corrected chi connectivity index (χ4v) is 13.5. The summed E-state index contributed by atoms with van der Waals surface area (Å²) in [5.41, 5.74) is 11.6. The van der Waals surface area contributed by atoms with E-state index in [4.69, 9.17) is 28.4 Å². The number of rotatable bonds is 25. The quantitative estimate of drug-likeness (QED) is 0.0441. The number of benzene rings is 5. The number of amides is 3. The summed E-state index contributed by atoms with van der Waals surface area (Å²) in [5, 5.41) is 2.72. The number of nitrogens with one attached hydrogen (secondary N) is 1. The van der Waals surface area contributed by atoms with Crippen LogP contribution in [0.1, 0.15) is 99.2 Å². The Labute approximate surface area is 450 Å². The predicted octanol–water partition coefficient (Wildman–Crippen LogP) is 10.4. The average molecular weight is 1060 g/mol. The van der Waals surface area contributed by atoms with Gasteiger partial charge in [0.2, 0.25) is 5.91 Å². The van der Waals surface area contributed by atoms with Crippen LogP contribution in [0.2, 0.25) is 0 Å². The van der Waals surface area contributed by atoms with Crippen molar-refractivity contribution in [3.63, 3.8) is 0 Å². The van der Waals surface area contributed by atoms with Crippen LogP contribution in [0.25, 0.3) is 0 Å². The minimum Gasteiger partial charge on any atom is -0.493 e. The number of hydrogen-bond donors (Lipinski definition) is 1. The molecule has 0 aliphatic carbocycles. The van der Waals surface area contributed by atoms with Crippen LogP contribution in [-0.4, -0.2) is 108 Å². The molecule has 0 bridgehead atoms. The van der Waals surface area contributed by atoms with Crippen LogP contribution in [0.4, 0.5) is 17.1 Å². The van der Waals surface area contributed by atoms with Crippen LogP contribution >= 0.6 is 21.6 Å². The Kier molecular flexibility index (Phi) is 18.0. The van der Waals surface area contributed by atoms with Crippen molar-refractivity contribution in [2.45, 2.75) is 102 Å². The second kappa shape index (κ2) is 25.0. The van der Waals surface area contributed by atoms with E-state index in [0.29, 0.717) is 69.6 Å². The molecule has 0 spiro atoms. The van der Waals surface area contributed by atoms with E-state index in [0.717, 1.165) is 107 Å². The number of hydrogen-bond acceptors (Lipinski definition) is 12. The molecule has 0 unspecified atom stereocenters. The van der Waals surface area contributed by atoms with Crippen LogP contribution in [0.15, 0.2) is 91.0 Å². The molecule has 0 aromatic heterocycles. The molecule has 1 N–H and O–H groups in total. The fraction of sp³-hybridized carbons (Fsp3) is 0.450. The molecule has 13 nitrogen and oxygen atoms in total. The summed E-state index contributed by atoms with van der Waals surface area (Å²) in [4.78, 5) is 46.8. The van der Waals surface area contributed by atoms with Crippen molar-refractivity contribution in [1.82, 2.24) is 5.32 Å². The zero-order valence-electron chi connectivity index (χ0n) is 44.4. The van der Waals surface area contributed by atoms with E-state index in [-0.39, 0.29) is 47.8 Å². The molecule has 4 heterocycles. The second-order valence-electron chi connectivity index (χ2n) is 20.5. The lowest BCUT2D eigenvalue weighted by atomic mass is 9.98.